The maximum atomic E-state index is 10.3. The Morgan fingerprint density at radius 3 is 2.50 bits per heavy atom. The van der Waals surface area contributed by atoms with E-state index in [2.05, 4.69) is 32.6 Å². The molecule has 0 amide bonds. The third-order valence-electron chi connectivity index (χ3n) is 4.39. The minimum Gasteiger partial charge on any atom is -0.494 e. The van der Waals surface area contributed by atoms with Crippen molar-refractivity contribution in [3.05, 3.63) is 54.3 Å². The third-order valence-corrected chi connectivity index (χ3v) is 4.39. The summed E-state index contributed by atoms with van der Waals surface area (Å²) in [5.41, 5.74) is 2.35. The number of aliphatic hydroxyl groups is 1. The first-order chi connectivity index (χ1) is 9.68. The minimum atomic E-state index is -0.595. The lowest BCUT2D eigenvalue weighted by Gasteiger charge is -2.28. The molecule has 1 atom stereocenters. The molecule has 2 nitrogen and oxygen atoms in total. The molecule has 1 aliphatic heterocycles. The van der Waals surface area contributed by atoms with Gasteiger partial charge in [-0.3, -0.25) is 0 Å². The Kier molecular flexibility index (Phi) is 4.66. The highest BCUT2D eigenvalue weighted by Gasteiger charge is 2.42. The van der Waals surface area contributed by atoms with E-state index >= 15 is 0 Å². The maximum Gasteiger partial charge on any atom is 0.129 e. The quantitative estimate of drug-likeness (QED) is 0.787. The second-order valence-electron chi connectivity index (χ2n) is 5.42. The van der Waals surface area contributed by atoms with Crippen LogP contribution in [0.3, 0.4) is 0 Å². The fourth-order valence-electron chi connectivity index (χ4n) is 3.01. The third kappa shape index (κ3) is 2.53. The highest BCUT2D eigenvalue weighted by Crippen LogP contribution is 2.49. The first kappa shape index (κ1) is 14.9. The van der Waals surface area contributed by atoms with Gasteiger partial charge in [-0.2, -0.15) is 0 Å². The molecule has 0 spiro atoms. The molecule has 0 saturated carbocycles. The SMILES string of the molecule is C=CCC(O)C1=C(c2ccccc2)C(CC)(CC)CO1. The van der Waals surface area contributed by atoms with E-state index in [1.54, 1.807) is 6.08 Å². The number of benzene rings is 1. The average molecular weight is 272 g/mol. The predicted octanol–water partition coefficient (Wildman–Crippen LogP) is 4.17. The van der Waals surface area contributed by atoms with E-state index in [1.165, 1.54) is 5.57 Å². The van der Waals surface area contributed by atoms with Crippen LogP contribution < -0.4 is 0 Å². The second kappa shape index (κ2) is 6.27. The van der Waals surface area contributed by atoms with E-state index in [1.807, 2.05) is 18.2 Å². The van der Waals surface area contributed by atoms with Crippen molar-refractivity contribution in [2.24, 2.45) is 5.41 Å². The standard InChI is InChI=1S/C18H24O2/c1-4-10-15(19)17-16(14-11-8-7-9-12-14)18(5-2,6-3)13-20-17/h4,7-9,11-12,15,19H,1,5-6,10,13H2,2-3H3. The monoisotopic (exact) mass is 272 g/mol. The molecule has 1 aromatic rings. The fraction of sp³-hybridized carbons (Fsp3) is 0.444. The van der Waals surface area contributed by atoms with E-state index in [9.17, 15) is 5.11 Å². The maximum absolute atomic E-state index is 10.3. The molecule has 1 heterocycles. The molecule has 2 rings (SSSR count). The zero-order valence-corrected chi connectivity index (χ0v) is 12.4. The number of hydrogen-bond acceptors (Lipinski definition) is 2. The Bertz CT molecular complexity index is 483. The highest BCUT2D eigenvalue weighted by atomic mass is 16.5. The van der Waals surface area contributed by atoms with Crippen LogP contribution >= 0.6 is 0 Å². The molecule has 1 aromatic carbocycles. The van der Waals surface area contributed by atoms with Crippen molar-refractivity contribution in [2.75, 3.05) is 6.61 Å². The van der Waals surface area contributed by atoms with Gasteiger partial charge in [0, 0.05) is 11.0 Å². The largest absolute Gasteiger partial charge is 0.494 e. The van der Waals surface area contributed by atoms with E-state index in [-0.39, 0.29) is 5.41 Å². The first-order valence-electron chi connectivity index (χ1n) is 7.40. The summed E-state index contributed by atoms with van der Waals surface area (Å²) in [6.07, 6.45) is 3.69. The smallest absolute Gasteiger partial charge is 0.129 e. The summed E-state index contributed by atoms with van der Waals surface area (Å²) in [7, 11) is 0. The van der Waals surface area contributed by atoms with Gasteiger partial charge in [-0.05, 0) is 24.8 Å². The van der Waals surface area contributed by atoms with Gasteiger partial charge in [-0.15, -0.1) is 6.58 Å². The zero-order chi connectivity index (χ0) is 14.6. The predicted molar refractivity (Wildman–Crippen MR) is 83.1 cm³/mol. The average Bonchev–Trinajstić information content (AvgIpc) is 2.88. The van der Waals surface area contributed by atoms with Crippen molar-refractivity contribution in [3.8, 4) is 0 Å². The molecule has 0 aromatic heterocycles. The number of rotatable bonds is 6. The lowest BCUT2D eigenvalue weighted by atomic mass is 9.73. The van der Waals surface area contributed by atoms with Crippen molar-refractivity contribution in [1.29, 1.82) is 0 Å². The molecule has 2 heteroatoms. The molecule has 1 unspecified atom stereocenters. The number of hydrogen-bond donors (Lipinski definition) is 1. The summed E-state index contributed by atoms with van der Waals surface area (Å²) in [6.45, 7) is 8.75. The van der Waals surface area contributed by atoms with Gasteiger partial charge in [0.1, 0.15) is 11.9 Å². The molecule has 0 fully saturated rings. The van der Waals surface area contributed by atoms with Crippen molar-refractivity contribution >= 4 is 5.57 Å². The molecule has 0 saturated heterocycles. The van der Waals surface area contributed by atoms with Gasteiger partial charge < -0.3 is 9.84 Å². The minimum absolute atomic E-state index is 0.0127. The zero-order valence-electron chi connectivity index (χ0n) is 12.4. The number of aliphatic hydroxyl groups excluding tert-OH is 1. The molecule has 20 heavy (non-hydrogen) atoms. The Morgan fingerprint density at radius 1 is 1.30 bits per heavy atom. The van der Waals surface area contributed by atoms with Crippen LogP contribution in [-0.4, -0.2) is 17.8 Å². The Labute approximate surface area is 121 Å². The van der Waals surface area contributed by atoms with Crippen LogP contribution in [0.5, 0.6) is 0 Å². The summed E-state index contributed by atoms with van der Waals surface area (Å²) in [6, 6.07) is 10.3. The van der Waals surface area contributed by atoms with Crippen LogP contribution in [0.15, 0.2) is 48.7 Å². The van der Waals surface area contributed by atoms with Gasteiger partial charge in [0.2, 0.25) is 0 Å². The first-order valence-corrected chi connectivity index (χ1v) is 7.40. The fourth-order valence-corrected chi connectivity index (χ4v) is 3.01. The molecule has 0 radical (unpaired) electrons. The van der Waals surface area contributed by atoms with E-state index in [4.69, 9.17) is 4.74 Å². The second-order valence-corrected chi connectivity index (χ2v) is 5.42. The van der Waals surface area contributed by atoms with Crippen LogP contribution in [0.4, 0.5) is 0 Å². The molecule has 1 aliphatic rings. The van der Waals surface area contributed by atoms with Gasteiger partial charge in [0.05, 0.1) is 6.61 Å². The molecule has 1 N–H and O–H groups in total. The Morgan fingerprint density at radius 2 is 1.95 bits per heavy atom. The summed E-state index contributed by atoms with van der Waals surface area (Å²) in [4.78, 5) is 0. The lowest BCUT2D eigenvalue weighted by molar-refractivity contribution is 0.0954. The van der Waals surface area contributed by atoms with Crippen LogP contribution in [-0.2, 0) is 4.74 Å². The summed E-state index contributed by atoms with van der Waals surface area (Å²) < 4.78 is 5.91. The van der Waals surface area contributed by atoms with Crippen LogP contribution in [0.2, 0.25) is 0 Å². The summed E-state index contributed by atoms with van der Waals surface area (Å²) in [5, 5.41) is 10.3. The number of ether oxygens (including phenoxy) is 1. The summed E-state index contributed by atoms with van der Waals surface area (Å²) >= 11 is 0. The van der Waals surface area contributed by atoms with Gasteiger partial charge in [0.25, 0.3) is 0 Å². The van der Waals surface area contributed by atoms with Gasteiger partial charge in [-0.25, -0.2) is 0 Å². The Balaban J connectivity index is 2.53. The summed E-state index contributed by atoms with van der Waals surface area (Å²) in [5.74, 6) is 0.736. The Hall–Kier alpha value is -1.54. The molecular formula is C18H24O2. The molecular weight excluding hydrogens is 248 g/mol. The van der Waals surface area contributed by atoms with Crippen LogP contribution in [0.1, 0.15) is 38.7 Å². The highest BCUT2D eigenvalue weighted by molar-refractivity contribution is 5.74. The van der Waals surface area contributed by atoms with Crippen molar-refractivity contribution in [1.82, 2.24) is 0 Å². The van der Waals surface area contributed by atoms with Crippen molar-refractivity contribution in [3.63, 3.8) is 0 Å². The van der Waals surface area contributed by atoms with Crippen molar-refractivity contribution in [2.45, 2.75) is 39.2 Å². The van der Waals surface area contributed by atoms with E-state index in [0.29, 0.717) is 13.0 Å². The molecule has 0 aliphatic carbocycles. The topological polar surface area (TPSA) is 29.5 Å². The van der Waals surface area contributed by atoms with Crippen molar-refractivity contribution < 1.29 is 9.84 Å². The van der Waals surface area contributed by atoms with Crippen LogP contribution in [0, 0.1) is 5.41 Å². The normalized spacial score (nSPS) is 18.8. The lowest BCUT2D eigenvalue weighted by Crippen LogP contribution is -2.22. The molecule has 108 valence electrons. The van der Waals surface area contributed by atoms with Gasteiger partial charge in [-0.1, -0.05) is 50.3 Å². The van der Waals surface area contributed by atoms with Crippen LogP contribution in [0.25, 0.3) is 5.57 Å². The van der Waals surface area contributed by atoms with Gasteiger partial charge in [0.15, 0.2) is 0 Å². The molecule has 0 bridgehead atoms. The van der Waals surface area contributed by atoms with Gasteiger partial charge >= 0.3 is 0 Å². The van der Waals surface area contributed by atoms with E-state index in [0.717, 1.165) is 24.2 Å². The van der Waals surface area contributed by atoms with E-state index < -0.39 is 6.10 Å².